The van der Waals surface area contributed by atoms with E-state index in [2.05, 4.69) is 4.90 Å². The summed E-state index contributed by atoms with van der Waals surface area (Å²) in [6.45, 7) is 1.01. The highest BCUT2D eigenvalue weighted by Crippen LogP contribution is 2.24. The average Bonchev–Trinajstić information content (AvgIpc) is 3.11. The van der Waals surface area contributed by atoms with Crippen LogP contribution in [-0.2, 0) is 23.2 Å². The van der Waals surface area contributed by atoms with Crippen LogP contribution in [0.15, 0.2) is 70.9 Å². The SMILES string of the molecule is O=C(O)c1csc(CN(Cc2ccc(S(=O)(=O)O)cc2)c2ccccc2)c1. The van der Waals surface area contributed by atoms with Gasteiger partial charge in [0.1, 0.15) is 0 Å². The number of anilines is 1. The van der Waals surface area contributed by atoms with Crippen molar-refractivity contribution in [3.8, 4) is 0 Å². The molecule has 0 saturated heterocycles. The average molecular weight is 403 g/mol. The molecule has 27 heavy (non-hydrogen) atoms. The van der Waals surface area contributed by atoms with Crippen LogP contribution < -0.4 is 4.90 Å². The number of para-hydroxylation sites is 1. The van der Waals surface area contributed by atoms with E-state index in [9.17, 15) is 13.2 Å². The van der Waals surface area contributed by atoms with E-state index in [0.717, 1.165) is 16.1 Å². The molecule has 0 amide bonds. The topological polar surface area (TPSA) is 94.9 Å². The van der Waals surface area contributed by atoms with Gasteiger partial charge in [-0.15, -0.1) is 11.3 Å². The van der Waals surface area contributed by atoms with Crippen molar-refractivity contribution in [2.45, 2.75) is 18.0 Å². The Morgan fingerprint density at radius 3 is 2.22 bits per heavy atom. The van der Waals surface area contributed by atoms with Crippen molar-refractivity contribution in [2.24, 2.45) is 0 Å². The third-order valence-corrected chi connectivity index (χ3v) is 5.75. The molecular weight excluding hydrogens is 386 g/mol. The molecule has 0 aliphatic heterocycles. The van der Waals surface area contributed by atoms with Crippen molar-refractivity contribution in [1.82, 2.24) is 0 Å². The van der Waals surface area contributed by atoms with Crippen LogP contribution in [-0.4, -0.2) is 24.0 Å². The number of carboxylic acids is 1. The van der Waals surface area contributed by atoms with E-state index in [-0.39, 0.29) is 10.5 Å². The smallest absolute Gasteiger partial charge is 0.336 e. The van der Waals surface area contributed by atoms with Crippen LogP contribution in [0.3, 0.4) is 0 Å². The molecule has 0 aliphatic carbocycles. The normalized spacial score (nSPS) is 11.3. The maximum atomic E-state index is 11.2. The van der Waals surface area contributed by atoms with Crippen molar-refractivity contribution >= 4 is 33.1 Å². The second kappa shape index (κ2) is 7.91. The van der Waals surface area contributed by atoms with E-state index in [4.69, 9.17) is 9.66 Å². The Labute approximate surface area is 161 Å². The summed E-state index contributed by atoms with van der Waals surface area (Å²) < 4.78 is 31.5. The molecule has 3 aromatic rings. The number of hydrogen-bond acceptors (Lipinski definition) is 5. The van der Waals surface area contributed by atoms with E-state index in [1.54, 1.807) is 23.6 Å². The fourth-order valence-electron chi connectivity index (χ4n) is 2.63. The van der Waals surface area contributed by atoms with Gasteiger partial charge in [0.05, 0.1) is 17.0 Å². The van der Waals surface area contributed by atoms with Crippen molar-refractivity contribution in [1.29, 1.82) is 0 Å². The molecule has 2 N–H and O–H groups in total. The summed E-state index contributed by atoms with van der Waals surface area (Å²) in [6.07, 6.45) is 0. The Morgan fingerprint density at radius 2 is 1.67 bits per heavy atom. The summed E-state index contributed by atoms with van der Waals surface area (Å²) in [4.78, 5) is 13.9. The first kappa shape index (κ1) is 19.1. The van der Waals surface area contributed by atoms with Gasteiger partial charge < -0.3 is 10.0 Å². The van der Waals surface area contributed by atoms with E-state index in [1.807, 2.05) is 30.3 Å². The Hall–Kier alpha value is -2.68. The molecule has 0 fully saturated rings. The first-order chi connectivity index (χ1) is 12.8. The number of thiophene rings is 1. The Kier molecular flexibility index (Phi) is 5.59. The van der Waals surface area contributed by atoms with Gasteiger partial charge in [0.25, 0.3) is 10.1 Å². The lowest BCUT2D eigenvalue weighted by Gasteiger charge is -2.24. The number of benzene rings is 2. The Morgan fingerprint density at radius 1 is 1.00 bits per heavy atom. The minimum absolute atomic E-state index is 0.151. The number of aromatic carboxylic acids is 1. The molecule has 1 heterocycles. The number of nitrogens with zero attached hydrogens (tertiary/aromatic N) is 1. The summed E-state index contributed by atoms with van der Waals surface area (Å²) in [5, 5.41) is 10.7. The van der Waals surface area contributed by atoms with Crippen LogP contribution in [0.5, 0.6) is 0 Å². The molecule has 2 aromatic carbocycles. The molecule has 0 bridgehead atoms. The van der Waals surface area contributed by atoms with Crippen LogP contribution in [0.25, 0.3) is 0 Å². The van der Waals surface area contributed by atoms with Gasteiger partial charge in [0.15, 0.2) is 0 Å². The van der Waals surface area contributed by atoms with Crippen LogP contribution in [0.1, 0.15) is 20.8 Å². The zero-order chi connectivity index (χ0) is 19.4. The number of rotatable bonds is 7. The highest BCUT2D eigenvalue weighted by Gasteiger charge is 2.13. The Balaban J connectivity index is 1.85. The summed E-state index contributed by atoms with van der Waals surface area (Å²) >= 11 is 1.38. The molecule has 0 saturated carbocycles. The van der Waals surface area contributed by atoms with Gasteiger partial charge in [-0.05, 0) is 35.9 Å². The van der Waals surface area contributed by atoms with Crippen molar-refractivity contribution in [2.75, 3.05) is 4.90 Å². The number of carboxylic acid groups (broad SMARTS) is 1. The van der Waals surface area contributed by atoms with Crippen LogP contribution >= 0.6 is 11.3 Å². The summed E-state index contributed by atoms with van der Waals surface area (Å²) in [5.74, 6) is -0.954. The molecule has 0 atom stereocenters. The predicted molar refractivity (Wildman–Crippen MR) is 104 cm³/mol. The predicted octanol–water partition coefficient (Wildman–Crippen LogP) is 3.90. The molecule has 8 heteroatoms. The highest BCUT2D eigenvalue weighted by molar-refractivity contribution is 7.85. The summed E-state index contributed by atoms with van der Waals surface area (Å²) in [5.41, 5.74) is 2.09. The molecule has 0 unspecified atom stereocenters. The van der Waals surface area contributed by atoms with E-state index < -0.39 is 16.1 Å². The van der Waals surface area contributed by atoms with Crippen molar-refractivity contribution in [3.05, 3.63) is 82.0 Å². The lowest BCUT2D eigenvalue weighted by Crippen LogP contribution is -2.21. The van der Waals surface area contributed by atoms with Gasteiger partial charge in [-0.1, -0.05) is 30.3 Å². The van der Waals surface area contributed by atoms with Gasteiger partial charge in [0.2, 0.25) is 0 Å². The lowest BCUT2D eigenvalue weighted by atomic mass is 10.2. The minimum Gasteiger partial charge on any atom is -0.478 e. The standard InChI is InChI=1S/C19H17NO5S2/c21-19(22)15-10-17(26-13-15)12-20(16-4-2-1-3-5-16)11-14-6-8-18(9-7-14)27(23,24)25/h1-10,13H,11-12H2,(H,21,22)(H,23,24,25). The monoisotopic (exact) mass is 403 g/mol. The van der Waals surface area contributed by atoms with E-state index in [1.165, 1.54) is 23.5 Å². The molecular formula is C19H17NO5S2. The van der Waals surface area contributed by atoms with Crippen molar-refractivity contribution in [3.63, 3.8) is 0 Å². The molecule has 140 valence electrons. The lowest BCUT2D eigenvalue weighted by molar-refractivity contribution is 0.0697. The van der Waals surface area contributed by atoms with Crippen LogP contribution in [0, 0.1) is 0 Å². The third-order valence-electron chi connectivity index (χ3n) is 3.96. The molecule has 0 aliphatic rings. The fourth-order valence-corrected chi connectivity index (χ4v) is 3.98. The summed E-state index contributed by atoms with van der Waals surface area (Å²) in [6, 6.07) is 17.3. The van der Waals surface area contributed by atoms with Gasteiger partial charge in [-0.25, -0.2) is 4.79 Å². The van der Waals surface area contributed by atoms with Gasteiger partial charge >= 0.3 is 5.97 Å². The third kappa shape index (κ3) is 4.94. The summed E-state index contributed by atoms with van der Waals surface area (Å²) in [7, 11) is -4.22. The second-order valence-electron chi connectivity index (χ2n) is 5.92. The molecule has 1 aromatic heterocycles. The number of carbonyl (C=O) groups is 1. The van der Waals surface area contributed by atoms with Crippen LogP contribution in [0.2, 0.25) is 0 Å². The molecule has 3 rings (SSSR count). The highest BCUT2D eigenvalue weighted by atomic mass is 32.2. The Bertz CT molecular complexity index is 1030. The van der Waals surface area contributed by atoms with E-state index >= 15 is 0 Å². The molecule has 0 radical (unpaired) electrons. The van der Waals surface area contributed by atoms with Crippen LogP contribution in [0.4, 0.5) is 5.69 Å². The number of hydrogen-bond donors (Lipinski definition) is 2. The fraction of sp³-hybridized carbons (Fsp3) is 0.105. The quantitative estimate of drug-likeness (QED) is 0.581. The maximum absolute atomic E-state index is 11.2. The first-order valence-corrected chi connectivity index (χ1v) is 10.3. The molecule has 6 nitrogen and oxygen atoms in total. The largest absolute Gasteiger partial charge is 0.478 e. The zero-order valence-corrected chi connectivity index (χ0v) is 15.8. The second-order valence-corrected chi connectivity index (χ2v) is 8.33. The minimum atomic E-state index is -4.22. The van der Waals surface area contributed by atoms with E-state index in [0.29, 0.717) is 13.1 Å². The van der Waals surface area contributed by atoms with Gasteiger partial charge in [-0.3, -0.25) is 4.55 Å². The maximum Gasteiger partial charge on any atom is 0.336 e. The van der Waals surface area contributed by atoms with Gasteiger partial charge in [-0.2, -0.15) is 8.42 Å². The first-order valence-electron chi connectivity index (χ1n) is 8.00. The van der Waals surface area contributed by atoms with Gasteiger partial charge in [0, 0.05) is 22.5 Å². The molecule has 0 spiro atoms. The zero-order valence-electron chi connectivity index (χ0n) is 14.1. The van der Waals surface area contributed by atoms with Crippen molar-refractivity contribution < 1.29 is 22.9 Å².